The number of likely N-dealkylation sites (tertiary alicyclic amines) is 1. The van der Waals surface area contributed by atoms with E-state index in [9.17, 15) is 10.2 Å². The van der Waals surface area contributed by atoms with E-state index in [-0.39, 0.29) is 0 Å². The monoisotopic (exact) mass is 449 g/mol. The normalized spacial score (nSPS) is 25.1. The molecule has 1 aromatic heterocycles. The highest BCUT2D eigenvalue weighted by molar-refractivity contribution is 5.41. The number of ether oxygens (including phenoxy) is 2. The van der Waals surface area contributed by atoms with Gasteiger partial charge in [-0.05, 0) is 66.6 Å². The molecule has 0 bridgehead atoms. The standard InChI is InChI=1S/C26H31N3O4/c1-32-26-8-7-23(33-17-18-3-5-22(6-4-18)29-10-2-9-27-29)11-21(26)16-28-14-19-12-24(30)25(31)13-20(19)15-28/h2-11,19-20,24-25,30-31H,12-17H2,1H3/t19-,20+,24-,25-/m0/s1. The van der Waals surface area contributed by atoms with Crippen LogP contribution in [0.4, 0.5) is 0 Å². The molecule has 174 valence electrons. The molecule has 2 fully saturated rings. The van der Waals surface area contributed by atoms with Gasteiger partial charge in [-0.3, -0.25) is 4.90 Å². The van der Waals surface area contributed by atoms with Crippen molar-refractivity contribution in [2.24, 2.45) is 11.8 Å². The Morgan fingerprint density at radius 1 is 1.00 bits per heavy atom. The Kier molecular flexibility index (Phi) is 6.35. The molecule has 1 saturated heterocycles. The number of aliphatic hydroxyl groups excluding tert-OH is 2. The molecule has 0 radical (unpaired) electrons. The van der Waals surface area contributed by atoms with Gasteiger partial charge in [0, 0.05) is 37.6 Å². The van der Waals surface area contributed by atoms with Crippen LogP contribution in [0.2, 0.25) is 0 Å². The van der Waals surface area contributed by atoms with E-state index in [2.05, 4.69) is 28.2 Å². The van der Waals surface area contributed by atoms with Crippen LogP contribution in [0, 0.1) is 11.8 Å². The average Bonchev–Trinajstić information content (AvgIpc) is 3.49. The number of methoxy groups -OCH3 is 1. The van der Waals surface area contributed by atoms with Crippen LogP contribution in [0.5, 0.6) is 11.5 Å². The molecule has 5 rings (SSSR count). The summed E-state index contributed by atoms with van der Waals surface area (Å²) in [6, 6.07) is 16.0. The zero-order valence-electron chi connectivity index (χ0n) is 18.9. The van der Waals surface area contributed by atoms with E-state index in [0.29, 0.717) is 31.3 Å². The first kappa shape index (κ1) is 21.9. The number of aliphatic hydroxyl groups is 2. The summed E-state index contributed by atoms with van der Waals surface area (Å²) >= 11 is 0. The number of fused-ring (bicyclic) bond motifs is 1. The van der Waals surface area contributed by atoms with Gasteiger partial charge in [0.1, 0.15) is 18.1 Å². The number of rotatable bonds is 7. The molecular weight excluding hydrogens is 418 g/mol. The molecule has 1 saturated carbocycles. The second-order valence-corrected chi connectivity index (χ2v) is 9.20. The van der Waals surface area contributed by atoms with E-state index < -0.39 is 12.2 Å². The maximum absolute atomic E-state index is 10.0. The van der Waals surface area contributed by atoms with Gasteiger partial charge in [0.25, 0.3) is 0 Å². The second-order valence-electron chi connectivity index (χ2n) is 9.20. The Bertz CT molecular complexity index is 1040. The van der Waals surface area contributed by atoms with E-state index in [4.69, 9.17) is 9.47 Å². The van der Waals surface area contributed by atoms with Gasteiger partial charge in [0.2, 0.25) is 0 Å². The molecule has 2 aromatic carbocycles. The van der Waals surface area contributed by atoms with Gasteiger partial charge in [-0.1, -0.05) is 12.1 Å². The molecule has 1 aliphatic heterocycles. The lowest BCUT2D eigenvalue weighted by Gasteiger charge is -2.32. The van der Waals surface area contributed by atoms with Crippen molar-refractivity contribution in [2.75, 3.05) is 20.2 Å². The summed E-state index contributed by atoms with van der Waals surface area (Å²) in [5.41, 5.74) is 3.19. The summed E-state index contributed by atoms with van der Waals surface area (Å²) in [5, 5.41) is 24.3. The molecule has 2 N–H and O–H groups in total. The lowest BCUT2D eigenvalue weighted by Crippen LogP contribution is -2.38. The SMILES string of the molecule is COc1ccc(OCc2ccc(-n3cccn3)cc2)cc1CN1C[C@H]2C[C@H](O)[C@@H](O)C[C@H]2C1. The van der Waals surface area contributed by atoms with Crippen LogP contribution in [-0.4, -0.2) is 57.3 Å². The van der Waals surface area contributed by atoms with Crippen LogP contribution in [0.25, 0.3) is 5.69 Å². The van der Waals surface area contributed by atoms with Crippen molar-refractivity contribution in [3.8, 4) is 17.2 Å². The second kappa shape index (κ2) is 9.55. The molecule has 3 aromatic rings. The van der Waals surface area contributed by atoms with Crippen molar-refractivity contribution in [3.63, 3.8) is 0 Å². The van der Waals surface area contributed by atoms with E-state index in [1.165, 1.54) is 0 Å². The Morgan fingerprint density at radius 3 is 2.36 bits per heavy atom. The maximum atomic E-state index is 10.0. The minimum atomic E-state index is -0.592. The third-order valence-corrected chi connectivity index (χ3v) is 6.94. The topological polar surface area (TPSA) is 80.0 Å². The minimum absolute atomic E-state index is 0.443. The molecule has 0 spiro atoms. The zero-order valence-corrected chi connectivity index (χ0v) is 18.9. The molecule has 2 aliphatic rings. The highest BCUT2D eigenvalue weighted by Gasteiger charge is 2.41. The van der Waals surface area contributed by atoms with E-state index in [0.717, 1.165) is 47.9 Å². The van der Waals surface area contributed by atoms with E-state index in [1.807, 2.05) is 41.2 Å². The largest absolute Gasteiger partial charge is 0.496 e. The summed E-state index contributed by atoms with van der Waals surface area (Å²) < 4.78 is 13.5. The van der Waals surface area contributed by atoms with E-state index in [1.54, 1.807) is 13.3 Å². The summed E-state index contributed by atoms with van der Waals surface area (Å²) in [6.45, 7) is 3.11. The Morgan fingerprint density at radius 2 is 1.73 bits per heavy atom. The van der Waals surface area contributed by atoms with Crippen LogP contribution in [0.1, 0.15) is 24.0 Å². The van der Waals surface area contributed by atoms with Gasteiger partial charge in [0.15, 0.2) is 0 Å². The van der Waals surface area contributed by atoms with Crippen molar-refractivity contribution in [1.29, 1.82) is 0 Å². The van der Waals surface area contributed by atoms with Gasteiger partial charge in [-0.15, -0.1) is 0 Å². The average molecular weight is 450 g/mol. The Hall–Kier alpha value is -2.87. The molecule has 7 heteroatoms. The first-order valence-corrected chi connectivity index (χ1v) is 11.6. The van der Waals surface area contributed by atoms with Gasteiger partial charge in [-0.25, -0.2) is 4.68 Å². The number of nitrogens with zero attached hydrogens (tertiary/aromatic N) is 3. The number of hydrogen-bond donors (Lipinski definition) is 2. The van der Waals surface area contributed by atoms with Crippen molar-refractivity contribution < 1.29 is 19.7 Å². The predicted molar refractivity (Wildman–Crippen MR) is 124 cm³/mol. The van der Waals surface area contributed by atoms with Gasteiger partial charge in [-0.2, -0.15) is 5.10 Å². The first-order chi connectivity index (χ1) is 16.1. The van der Waals surface area contributed by atoms with Crippen LogP contribution < -0.4 is 9.47 Å². The highest BCUT2D eigenvalue weighted by Crippen LogP contribution is 2.38. The van der Waals surface area contributed by atoms with Crippen molar-refractivity contribution in [2.45, 2.75) is 38.2 Å². The predicted octanol–water partition coefficient (Wildman–Crippen LogP) is 3.02. The maximum Gasteiger partial charge on any atom is 0.123 e. The fourth-order valence-corrected chi connectivity index (χ4v) is 5.18. The number of hydrogen-bond acceptors (Lipinski definition) is 6. The fourth-order valence-electron chi connectivity index (χ4n) is 5.18. The summed E-state index contributed by atoms with van der Waals surface area (Å²) in [7, 11) is 1.69. The van der Waals surface area contributed by atoms with E-state index >= 15 is 0 Å². The molecule has 1 aliphatic carbocycles. The summed E-state index contributed by atoms with van der Waals surface area (Å²) in [4.78, 5) is 2.40. The third kappa shape index (κ3) is 4.90. The van der Waals surface area contributed by atoms with Gasteiger partial charge < -0.3 is 19.7 Å². The lowest BCUT2D eigenvalue weighted by molar-refractivity contribution is -0.0372. The van der Waals surface area contributed by atoms with Crippen LogP contribution >= 0.6 is 0 Å². The van der Waals surface area contributed by atoms with Gasteiger partial charge >= 0.3 is 0 Å². The quantitative estimate of drug-likeness (QED) is 0.577. The molecule has 2 heterocycles. The Balaban J connectivity index is 1.22. The van der Waals surface area contributed by atoms with Crippen LogP contribution in [-0.2, 0) is 13.2 Å². The summed E-state index contributed by atoms with van der Waals surface area (Å²) in [5.74, 6) is 2.54. The number of aromatic nitrogens is 2. The van der Waals surface area contributed by atoms with Crippen molar-refractivity contribution in [1.82, 2.24) is 14.7 Å². The zero-order chi connectivity index (χ0) is 22.8. The van der Waals surface area contributed by atoms with Crippen molar-refractivity contribution >= 4 is 0 Å². The third-order valence-electron chi connectivity index (χ3n) is 6.94. The van der Waals surface area contributed by atoms with Gasteiger partial charge in [0.05, 0.1) is 25.0 Å². The molecule has 0 amide bonds. The molecular formula is C26H31N3O4. The molecule has 0 unspecified atom stereocenters. The number of benzene rings is 2. The smallest absolute Gasteiger partial charge is 0.123 e. The molecule has 4 atom stereocenters. The van der Waals surface area contributed by atoms with Crippen LogP contribution in [0.15, 0.2) is 60.9 Å². The molecule has 7 nitrogen and oxygen atoms in total. The van der Waals surface area contributed by atoms with Crippen molar-refractivity contribution in [3.05, 3.63) is 72.1 Å². The lowest BCUT2D eigenvalue weighted by atomic mass is 9.79. The Labute approximate surface area is 194 Å². The minimum Gasteiger partial charge on any atom is -0.496 e. The fraction of sp³-hybridized carbons (Fsp3) is 0.423. The first-order valence-electron chi connectivity index (χ1n) is 11.6. The molecule has 33 heavy (non-hydrogen) atoms. The summed E-state index contributed by atoms with van der Waals surface area (Å²) in [6.07, 6.45) is 3.87. The van der Waals surface area contributed by atoms with Crippen LogP contribution in [0.3, 0.4) is 0 Å². The highest BCUT2D eigenvalue weighted by atomic mass is 16.5.